The van der Waals surface area contributed by atoms with Gasteiger partial charge in [0.2, 0.25) is 5.91 Å². The van der Waals surface area contributed by atoms with E-state index in [0.717, 1.165) is 62.6 Å². The molecule has 1 saturated carbocycles. The average Bonchev–Trinajstić information content (AvgIpc) is 2.75. The number of carbonyl (C=O) groups excluding carboxylic acids is 1. The lowest BCUT2D eigenvalue weighted by Gasteiger charge is -2.39. The Bertz CT molecular complexity index is 817. The van der Waals surface area contributed by atoms with Crippen molar-refractivity contribution >= 4 is 17.5 Å². The third kappa shape index (κ3) is 4.19. The Morgan fingerprint density at radius 2 is 1.83 bits per heavy atom. The van der Waals surface area contributed by atoms with Gasteiger partial charge in [0.1, 0.15) is 11.6 Å². The maximum absolute atomic E-state index is 12.8. The maximum Gasteiger partial charge on any atom is 0.228 e. The maximum atomic E-state index is 12.8. The predicted octanol–water partition coefficient (Wildman–Crippen LogP) is 2.24. The highest BCUT2D eigenvalue weighted by Crippen LogP contribution is 2.41. The molecule has 7 nitrogen and oxygen atoms in total. The first-order valence-corrected chi connectivity index (χ1v) is 10.3. The summed E-state index contributed by atoms with van der Waals surface area (Å²) >= 11 is 0. The van der Waals surface area contributed by atoms with Gasteiger partial charge in [-0.05, 0) is 31.0 Å². The lowest BCUT2D eigenvalue weighted by Crippen LogP contribution is -2.49. The summed E-state index contributed by atoms with van der Waals surface area (Å²) in [5.41, 5.74) is 0.713. The summed E-state index contributed by atoms with van der Waals surface area (Å²) < 4.78 is 5.30. The molecule has 0 spiro atoms. The number of carbonyl (C=O) groups is 1. The van der Waals surface area contributed by atoms with Crippen LogP contribution < -0.4 is 15.1 Å². The third-order valence-electron chi connectivity index (χ3n) is 6.07. The van der Waals surface area contributed by atoms with Gasteiger partial charge in [0, 0.05) is 57.8 Å². The second-order valence-electron chi connectivity index (χ2n) is 7.90. The minimum Gasteiger partial charge on any atom is -0.384 e. The number of anilines is 2. The number of nitrogens with one attached hydrogen (secondary N) is 1. The van der Waals surface area contributed by atoms with Gasteiger partial charge in [-0.3, -0.25) is 4.79 Å². The summed E-state index contributed by atoms with van der Waals surface area (Å²) in [4.78, 5) is 26.4. The Labute approximate surface area is 172 Å². The zero-order chi connectivity index (χ0) is 20.1. The van der Waals surface area contributed by atoms with Crippen molar-refractivity contribution in [2.75, 3.05) is 49.7 Å². The van der Waals surface area contributed by atoms with E-state index in [1.807, 2.05) is 36.7 Å². The van der Waals surface area contributed by atoms with Crippen molar-refractivity contribution in [3.05, 3.63) is 48.3 Å². The molecule has 0 radical (unpaired) electrons. The highest BCUT2D eigenvalue weighted by molar-refractivity contribution is 5.83. The Morgan fingerprint density at radius 1 is 1.07 bits per heavy atom. The van der Waals surface area contributed by atoms with Crippen LogP contribution in [0.15, 0.2) is 42.7 Å². The molecule has 0 aromatic carbocycles. The van der Waals surface area contributed by atoms with Crippen LogP contribution in [0.2, 0.25) is 0 Å². The van der Waals surface area contributed by atoms with Crippen LogP contribution >= 0.6 is 0 Å². The molecule has 1 amide bonds. The van der Waals surface area contributed by atoms with Crippen molar-refractivity contribution in [2.45, 2.75) is 25.8 Å². The van der Waals surface area contributed by atoms with Crippen molar-refractivity contribution in [1.29, 1.82) is 0 Å². The fourth-order valence-electron chi connectivity index (χ4n) is 4.22. The number of aromatic nitrogens is 2. The second kappa shape index (κ2) is 8.78. The lowest BCUT2D eigenvalue weighted by atomic mass is 9.68. The molecule has 154 valence electrons. The number of pyridine rings is 2. The molecule has 2 fully saturated rings. The number of amides is 1. The molecule has 2 aliphatic rings. The molecular formula is C22H29N5O2. The Hall–Kier alpha value is -2.67. The van der Waals surface area contributed by atoms with Gasteiger partial charge in [-0.25, -0.2) is 9.97 Å². The van der Waals surface area contributed by atoms with Gasteiger partial charge < -0.3 is 19.9 Å². The van der Waals surface area contributed by atoms with E-state index in [4.69, 9.17) is 4.74 Å². The highest BCUT2D eigenvalue weighted by Gasteiger charge is 2.44. The van der Waals surface area contributed by atoms with Crippen molar-refractivity contribution < 1.29 is 9.53 Å². The van der Waals surface area contributed by atoms with Crippen LogP contribution in [0.3, 0.4) is 0 Å². The molecule has 0 atom stereocenters. The molecule has 1 aliphatic carbocycles. The average molecular weight is 396 g/mol. The van der Waals surface area contributed by atoms with E-state index in [9.17, 15) is 4.79 Å². The zero-order valence-electron chi connectivity index (χ0n) is 17.0. The number of hydrogen-bond donors (Lipinski definition) is 1. The fourth-order valence-corrected chi connectivity index (χ4v) is 4.22. The number of hydrogen-bond acceptors (Lipinski definition) is 6. The summed E-state index contributed by atoms with van der Waals surface area (Å²) in [6, 6.07) is 10.00. The number of nitrogens with zero attached hydrogens (tertiary/aromatic N) is 4. The molecule has 29 heavy (non-hydrogen) atoms. The normalized spacial score (nSPS) is 18.2. The van der Waals surface area contributed by atoms with Crippen LogP contribution in [0.5, 0.6) is 0 Å². The summed E-state index contributed by atoms with van der Waals surface area (Å²) in [5.74, 6) is 2.08. The minimum absolute atomic E-state index is 0.0976. The number of methoxy groups -OCH3 is 1. The van der Waals surface area contributed by atoms with Gasteiger partial charge in [-0.2, -0.15) is 0 Å². The summed E-state index contributed by atoms with van der Waals surface area (Å²) in [6.07, 6.45) is 6.56. The first-order chi connectivity index (χ1) is 14.2. The molecule has 4 rings (SSSR count). The summed E-state index contributed by atoms with van der Waals surface area (Å²) in [5, 5.41) is 3.13. The van der Waals surface area contributed by atoms with Gasteiger partial charge in [0.15, 0.2) is 0 Å². The van der Waals surface area contributed by atoms with E-state index in [-0.39, 0.29) is 11.3 Å². The minimum atomic E-state index is -0.342. The van der Waals surface area contributed by atoms with E-state index in [0.29, 0.717) is 13.2 Å². The van der Waals surface area contributed by atoms with Crippen LogP contribution in [0.4, 0.5) is 11.6 Å². The van der Waals surface area contributed by atoms with Crippen molar-refractivity contribution in [1.82, 2.24) is 15.3 Å². The fraction of sp³-hybridized carbons (Fsp3) is 0.500. The van der Waals surface area contributed by atoms with Crippen molar-refractivity contribution in [2.24, 2.45) is 5.41 Å². The third-order valence-corrected chi connectivity index (χ3v) is 6.07. The van der Waals surface area contributed by atoms with Crippen LogP contribution in [-0.2, 0) is 16.1 Å². The predicted molar refractivity (Wildman–Crippen MR) is 113 cm³/mol. The van der Waals surface area contributed by atoms with E-state index < -0.39 is 0 Å². The number of ether oxygens (including phenoxy) is 1. The summed E-state index contributed by atoms with van der Waals surface area (Å²) in [7, 11) is 1.66. The van der Waals surface area contributed by atoms with Crippen LogP contribution in [-0.4, -0.2) is 55.8 Å². The first kappa shape index (κ1) is 19.6. The van der Waals surface area contributed by atoms with Gasteiger partial charge in [-0.1, -0.05) is 18.6 Å². The van der Waals surface area contributed by atoms with Crippen molar-refractivity contribution in [3.63, 3.8) is 0 Å². The lowest BCUT2D eigenvalue weighted by molar-refractivity contribution is -0.140. The first-order valence-electron chi connectivity index (χ1n) is 10.3. The Balaban J connectivity index is 1.38. The smallest absolute Gasteiger partial charge is 0.228 e. The van der Waals surface area contributed by atoms with Crippen LogP contribution in [0.25, 0.3) is 0 Å². The van der Waals surface area contributed by atoms with E-state index in [2.05, 4.69) is 31.2 Å². The highest BCUT2D eigenvalue weighted by atomic mass is 16.5. The zero-order valence-corrected chi connectivity index (χ0v) is 17.0. The molecule has 1 N–H and O–H groups in total. The molecule has 7 heteroatoms. The summed E-state index contributed by atoms with van der Waals surface area (Å²) in [6.45, 7) is 4.54. The molecule has 0 unspecified atom stereocenters. The van der Waals surface area contributed by atoms with E-state index in [1.165, 1.54) is 0 Å². The van der Waals surface area contributed by atoms with Gasteiger partial charge >= 0.3 is 0 Å². The van der Waals surface area contributed by atoms with Crippen LogP contribution in [0, 0.1) is 5.41 Å². The topological polar surface area (TPSA) is 70.6 Å². The molecule has 2 aromatic rings. The number of rotatable bonds is 7. The van der Waals surface area contributed by atoms with Crippen molar-refractivity contribution in [3.8, 4) is 0 Å². The standard InChI is InChI=1S/C22H29N5O2/c1-29-17-22(8-5-9-22)21(28)25-16-18-6-4-11-24-20(18)27-14-12-26(13-15-27)19-7-2-3-10-23-19/h2-4,6-7,10-11H,5,8-9,12-17H2,1H3,(H,25,28). The Morgan fingerprint density at radius 3 is 2.48 bits per heavy atom. The van der Waals surface area contributed by atoms with Crippen LogP contribution in [0.1, 0.15) is 24.8 Å². The van der Waals surface area contributed by atoms with Gasteiger partial charge in [0.25, 0.3) is 0 Å². The second-order valence-corrected chi connectivity index (χ2v) is 7.90. The van der Waals surface area contributed by atoms with E-state index in [1.54, 1.807) is 7.11 Å². The largest absolute Gasteiger partial charge is 0.384 e. The van der Waals surface area contributed by atoms with E-state index >= 15 is 0 Å². The molecular weight excluding hydrogens is 366 g/mol. The Kier molecular flexibility index (Phi) is 5.94. The molecule has 3 heterocycles. The molecule has 1 aliphatic heterocycles. The van der Waals surface area contributed by atoms with Gasteiger partial charge in [0.05, 0.1) is 12.0 Å². The quantitative estimate of drug-likeness (QED) is 0.775. The molecule has 2 aromatic heterocycles. The monoisotopic (exact) mass is 395 g/mol. The molecule has 1 saturated heterocycles. The number of piperazine rings is 1. The SMILES string of the molecule is COCC1(C(=O)NCc2cccnc2N2CCN(c3ccccn3)CC2)CCC1. The van der Waals surface area contributed by atoms with Gasteiger partial charge in [-0.15, -0.1) is 0 Å². The molecule has 0 bridgehead atoms.